The molecule has 0 amide bonds. The largest absolute Gasteiger partial charge is 0.423 e. The van der Waals surface area contributed by atoms with Crippen molar-refractivity contribution < 1.29 is 9.53 Å². The van der Waals surface area contributed by atoms with Crippen LogP contribution in [0.25, 0.3) is 17.2 Å². The Bertz CT molecular complexity index is 1010. The van der Waals surface area contributed by atoms with Gasteiger partial charge in [-0.1, -0.05) is 65.2 Å². The second-order valence-electron chi connectivity index (χ2n) is 6.27. The molecule has 27 heavy (non-hydrogen) atoms. The Kier molecular flexibility index (Phi) is 6.00. The van der Waals surface area contributed by atoms with Crippen LogP contribution in [0, 0.1) is 13.8 Å². The first kappa shape index (κ1) is 19.2. The maximum Gasteiger partial charge on any atom is 0.336 e. The third-order valence-electron chi connectivity index (χ3n) is 4.13. The van der Waals surface area contributed by atoms with Gasteiger partial charge in [0.1, 0.15) is 5.75 Å². The molecule has 0 saturated heterocycles. The highest BCUT2D eigenvalue weighted by atomic mass is 35.5. The van der Waals surface area contributed by atoms with Gasteiger partial charge >= 0.3 is 5.97 Å². The van der Waals surface area contributed by atoms with Crippen molar-refractivity contribution in [3.63, 3.8) is 0 Å². The van der Waals surface area contributed by atoms with E-state index >= 15 is 0 Å². The zero-order chi connectivity index (χ0) is 19.4. The van der Waals surface area contributed by atoms with E-state index in [9.17, 15) is 4.79 Å². The number of esters is 1. The molecule has 136 valence electrons. The van der Waals surface area contributed by atoms with Crippen LogP contribution in [0.3, 0.4) is 0 Å². The summed E-state index contributed by atoms with van der Waals surface area (Å²) in [5.41, 5.74) is 5.01. The molecular formula is C23H18Cl2O2. The van der Waals surface area contributed by atoms with E-state index in [0.717, 1.165) is 16.7 Å². The van der Waals surface area contributed by atoms with Gasteiger partial charge in [0, 0.05) is 16.1 Å². The van der Waals surface area contributed by atoms with Crippen molar-refractivity contribution in [1.29, 1.82) is 0 Å². The van der Waals surface area contributed by atoms with Crippen molar-refractivity contribution in [3.8, 4) is 16.9 Å². The summed E-state index contributed by atoms with van der Waals surface area (Å²) in [6.07, 6.45) is 2.96. The van der Waals surface area contributed by atoms with E-state index in [4.69, 9.17) is 27.9 Å². The third kappa shape index (κ3) is 5.00. The number of halogens is 2. The average molecular weight is 397 g/mol. The predicted molar refractivity (Wildman–Crippen MR) is 112 cm³/mol. The Balaban J connectivity index is 1.72. The van der Waals surface area contributed by atoms with Gasteiger partial charge in [0.25, 0.3) is 0 Å². The number of hydrogen-bond donors (Lipinski definition) is 0. The number of rotatable bonds is 4. The maximum absolute atomic E-state index is 12.1. The Morgan fingerprint density at radius 3 is 2.26 bits per heavy atom. The summed E-state index contributed by atoms with van der Waals surface area (Å²) in [6.45, 7) is 3.97. The molecule has 3 aromatic rings. The fourth-order valence-electron chi connectivity index (χ4n) is 2.63. The summed E-state index contributed by atoms with van der Waals surface area (Å²) < 4.78 is 5.45. The lowest BCUT2D eigenvalue weighted by Gasteiger charge is -2.09. The first-order valence-electron chi connectivity index (χ1n) is 8.45. The van der Waals surface area contributed by atoms with Gasteiger partial charge in [-0.2, -0.15) is 0 Å². The van der Waals surface area contributed by atoms with Crippen LogP contribution in [0.1, 0.15) is 16.7 Å². The Morgan fingerprint density at radius 1 is 0.889 bits per heavy atom. The molecule has 0 bridgehead atoms. The number of carbonyl (C=O) groups is 1. The van der Waals surface area contributed by atoms with Crippen LogP contribution in [-0.4, -0.2) is 5.97 Å². The molecule has 0 aliphatic rings. The fourth-order valence-corrected chi connectivity index (χ4v) is 3.10. The Hall–Kier alpha value is -2.55. The van der Waals surface area contributed by atoms with Gasteiger partial charge < -0.3 is 4.74 Å². The highest BCUT2D eigenvalue weighted by Gasteiger charge is 2.07. The molecule has 0 atom stereocenters. The standard InChI is InChI=1S/C23H18Cl2O2/c1-15-3-5-17(6-4-15)19-8-11-22(16(2)13-19)27-23(26)12-9-18-7-10-20(24)14-21(18)25/h3-14H,1-2H3/b12-9+. The topological polar surface area (TPSA) is 26.3 Å². The summed E-state index contributed by atoms with van der Waals surface area (Å²) >= 11 is 12.0. The number of ether oxygens (including phenoxy) is 1. The zero-order valence-electron chi connectivity index (χ0n) is 15.0. The molecule has 0 unspecified atom stereocenters. The number of benzene rings is 3. The molecule has 0 fully saturated rings. The minimum atomic E-state index is -0.466. The number of hydrogen-bond acceptors (Lipinski definition) is 2. The van der Waals surface area contributed by atoms with Crippen molar-refractivity contribution in [2.24, 2.45) is 0 Å². The van der Waals surface area contributed by atoms with Gasteiger partial charge in [-0.15, -0.1) is 0 Å². The molecule has 0 radical (unpaired) electrons. The second-order valence-corrected chi connectivity index (χ2v) is 7.11. The molecule has 0 heterocycles. The van der Waals surface area contributed by atoms with E-state index in [1.54, 1.807) is 24.3 Å². The van der Waals surface area contributed by atoms with Gasteiger partial charge in [-0.3, -0.25) is 0 Å². The summed E-state index contributed by atoms with van der Waals surface area (Å²) in [5.74, 6) is 0.0647. The van der Waals surface area contributed by atoms with Crippen molar-refractivity contribution in [2.75, 3.05) is 0 Å². The van der Waals surface area contributed by atoms with Crippen molar-refractivity contribution in [3.05, 3.63) is 93.5 Å². The fraction of sp³-hybridized carbons (Fsp3) is 0.0870. The molecule has 4 heteroatoms. The van der Waals surface area contributed by atoms with Crippen LogP contribution < -0.4 is 4.74 Å². The first-order chi connectivity index (χ1) is 12.9. The summed E-state index contributed by atoms with van der Waals surface area (Å²) in [5, 5.41) is 1.02. The molecule has 0 saturated carbocycles. The number of aryl methyl sites for hydroxylation is 2. The monoisotopic (exact) mass is 396 g/mol. The van der Waals surface area contributed by atoms with Crippen LogP contribution in [0.2, 0.25) is 10.0 Å². The lowest BCUT2D eigenvalue weighted by atomic mass is 10.0. The number of carbonyl (C=O) groups excluding carboxylic acids is 1. The van der Waals surface area contributed by atoms with E-state index in [1.807, 2.05) is 25.1 Å². The first-order valence-corrected chi connectivity index (χ1v) is 9.20. The van der Waals surface area contributed by atoms with Crippen LogP contribution in [0.15, 0.2) is 66.7 Å². The quantitative estimate of drug-likeness (QED) is 0.272. The van der Waals surface area contributed by atoms with Gasteiger partial charge in [0.2, 0.25) is 0 Å². The highest BCUT2D eigenvalue weighted by Crippen LogP contribution is 2.27. The van der Waals surface area contributed by atoms with Crippen LogP contribution in [0.5, 0.6) is 5.75 Å². The maximum atomic E-state index is 12.1. The Labute approximate surface area is 169 Å². The van der Waals surface area contributed by atoms with Gasteiger partial charge in [0.05, 0.1) is 0 Å². The molecule has 0 N–H and O–H groups in total. The van der Waals surface area contributed by atoms with E-state index < -0.39 is 5.97 Å². The molecule has 0 aliphatic heterocycles. The van der Waals surface area contributed by atoms with Crippen molar-refractivity contribution in [2.45, 2.75) is 13.8 Å². The third-order valence-corrected chi connectivity index (χ3v) is 4.69. The van der Waals surface area contributed by atoms with Crippen LogP contribution in [0.4, 0.5) is 0 Å². The van der Waals surface area contributed by atoms with E-state index in [2.05, 4.69) is 31.2 Å². The Morgan fingerprint density at radius 2 is 1.59 bits per heavy atom. The predicted octanol–water partition coefficient (Wildman–Crippen LogP) is 6.90. The van der Waals surface area contributed by atoms with Crippen molar-refractivity contribution >= 4 is 35.2 Å². The lowest BCUT2D eigenvalue weighted by Crippen LogP contribution is -2.05. The molecule has 2 nitrogen and oxygen atoms in total. The van der Waals surface area contributed by atoms with E-state index in [-0.39, 0.29) is 0 Å². The molecular weight excluding hydrogens is 379 g/mol. The highest BCUT2D eigenvalue weighted by molar-refractivity contribution is 6.35. The second kappa shape index (κ2) is 8.43. The molecule has 0 spiro atoms. The summed E-state index contributed by atoms with van der Waals surface area (Å²) in [6, 6.07) is 19.2. The van der Waals surface area contributed by atoms with Gasteiger partial charge in [-0.05, 0) is 66.4 Å². The van der Waals surface area contributed by atoms with E-state index in [1.165, 1.54) is 11.6 Å². The van der Waals surface area contributed by atoms with Crippen LogP contribution >= 0.6 is 23.2 Å². The van der Waals surface area contributed by atoms with Gasteiger partial charge in [0.15, 0.2) is 0 Å². The average Bonchev–Trinajstić information content (AvgIpc) is 2.63. The zero-order valence-corrected chi connectivity index (χ0v) is 16.5. The molecule has 0 aromatic heterocycles. The minimum absolute atomic E-state index is 0.466. The normalized spacial score (nSPS) is 11.0. The molecule has 3 aromatic carbocycles. The smallest absolute Gasteiger partial charge is 0.336 e. The molecule has 3 rings (SSSR count). The SMILES string of the molecule is Cc1ccc(-c2ccc(OC(=O)/C=C/c3ccc(Cl)cc3Cl)c(C)c2)cc1. The summed E-state index contributed by atoms with van der Waals surface area (Å²) in [4.78, 5) is 12.1. The lowest BCUT2D eigenvalue weighted by molar-refractivity contribution is -0.128. The van der Waals surface area contributed by atoms with Gasteiger partial charge in [-0.25, -0.2) is 4.79 Å². The summed E-state index contributed by atoms with van der Waals surface area (Å²) in [7, 11) is 0. The minimum Gasteiger partial charge on any atom is -0.423 e. The van der Waals surface area contributed by atoms with Crippen molar-refractivity contribution in [1.82, 2.24) is 0 Å². The molecule has 0 aliphatic carbocycles. The van der Waals surface area contributed by atoms with E-state index in [0.29, 0.717) is 21.4 Å². The van der Waals surface area contributed by atoms with Crippen LogP contribution in [-0.2, 0) is 4.79 Å².